The van der Waals surface area contributed by atoms with Gasteiger partial charge in [0.25, 0.3) is 0 Å². The van der Waals surface area contributed by atoms with Gasteiger partial charge < -0.3 is 24.8 Å². The van der Waals surface area contributed by atoms with Gasteiger partial charge in [0.15, 0.2) is 0 Å². The lowest BCUT2D eigenvalue weighted by atomic mass is 10.1. The zero-order chi connectivity index (χ0) is 20.4. The van der Waals surface area contributed by atoms with Crippen LogP contribution in [-0.2, 0) is 14.3 Å². The molecule has 158 valence electrons. The first-order valence-corrected chi connectivity index (χ1v) is 9.77. The molecule has 1 unspecified atom stereocenters. The van der Waals surface area contributed by atoms with Crippen molar-refractivity contribution in [1.82, 2.24) is 10.2 Å². The summed E-state index contributed by atoms with van der Waals surface area (Å²) in [6.45, 7) is 4.45. The number of aliphatic hydroxyl groups is 1. The van der Waals surface area contributed by atoms with Crippen molar-refractivity contribution >= 4 is 23.4 Å². The summed E-state index contributed by atoms with van der Waals surface area (Å²) in [7, 11) is 0. The molecule has 0 radical (unpaired) electrons. The summed E-state index contributed by atoms with van der Waals surface area (Å²) in [5.74, 6) is -0.924. The predicted octanol–water partition coefficient (Wildman–Crippen LogP) is -0.220. The van der Waals surface area contributed by atoms with Crippen molar-refractivity contribution < 1.29 is 28.6 Å². The summed E-state index contributed by atoms with van der Waals surface area (Å²) in [4.78, 5) is 29.0. The van der Waals surface area contributed by atoms with Gasteiger partial charge in [0.05, 0.1) is 43.7 Å². The highest BCUT2D eigenvalue weighted by atomic mass is 19.1. The average molecular weight is 408 g/mol. The van der Waals surface area contributed by atoms with Crippen molar-refractivity contribution in [2.24, 2.45) is 0 Å². The molecule has 9 nitrogen and oxygen atoms in total. The number of amides is 2. The Bertz CT molecular complexity index is 767. The topological polar surface area (TPSA) is 94.6 Å². The summed E-state index contributed by atoms with van der Waals surface area (Å²) in [6, 6.07) is 5.24. The summed E-state index contributed by atoms with van der Waals surface area (Å²) in [5.41, 5.74) is 0.940. The Labute approximate surface area is 167 Å². The third-order valence-electron chi connectivity index (χ3n) is 5.58. The van der Waals surface area contributed by atoms with E-state index in [9.17, 15) is 14.0 Å². The lowest BCUT2D eigenvalue weighted by molar-refractivity contribution is -0.124. The van der Waals surface area contributed by atoms with E-state index in [1.54, 1.807) is 12.1 Å². The van der Waals surface area contributed by atoms with Crippen molar-refractivity contribution in [1.29, 1.82) is 0 Å². The van der Waals surface area contributed by atoms with Crippen molar-refractivity contribution in [2.75, 3.05) is 68.9 Å². The third-order valence-corrected chi connectivity index (χ3v) is 5.58. The first-order valence-electron chi connectivity index (χ1n) is 9.77. The number of hydrogen-bond donors (Lipinski definition) is 2. The minimum atomic E-state index is -0.625. The quantitative estimate of drug-likeness (QED) is 0.672. The van der Waals surface area contributed by atoms with Crippen LogP contribution in [0.15, 0.2) is 18.2 Å². The Morgan fingerprint density at radius 1 is 1.24 bits per heavy atom. The maximum atomic E-state index is 14.8. The zero-order valence-electron chi connectivity index (χ0n) is 16.1. The highest BCUT2D eigenvalue weighted by Gasteiger charge is 2.33. The van der Waals surface area contributed by atoms with Crippen molar-refractivity contribution in [3.8, 4) is 0 Å². The van der Waals surface area contributed by atoms with Gasteiger partial charge >= 0.3 is 6.09 Å². The van der Waals surface area contributed by atoms with E-state index in [2.05, 4.69) is 10.2 Å². The second-order valence-electron chi connectivity index (χ2n) is 7.43. The van der Waals surface area contributed by atoms with Gasteiger partial charge in [0, 0.05) is 26.2 Å². The van der Waals surface area contributed by atoms with E-state index in [1.165, 1.54) is 11.0 Å². The van der Waals surface area contributed by atoms with Crippen LogP contribution in [0, 0.1) is 5.82 Å². The molecule has 10 heteroatoms. The maximum Gasteiger partial charge on any atom is 0.414 e. The van der Waals surface area contributed by atoms with Crippen molar-refractivity contribution in [3.05, 3.63) is 24.0 Å². The third kappa shape index (κ3) is 4.29. The molecule has 0 spiro atoms. The number of carbonyl (C=O) groups excluding carboxylic acids is 2. The fourth-order valence-corrected chi connectivity index (χ4v) is 3.80. The average Bonchev–Trinajstić information content (AvgIpc) is 3.06. The van der Waals surface area contributed by atoms with E-state index < -0.39 is 24.7 Å². The van der Waals surface area contributed by atoms with Crippen LogP contribution < -0.4 is 15.1 Å². The molecule has 1 aromatic rings. The number of piperazine rings is 1. The number of rotatable bonds is 6. The number of hydrogen-bond acceptors (Lipinski definition) is 7. The Morgan fingerprint density at radius 2 is 2.00 bits per heavy atom. The molecular weight excluding hydrogens is 383 g/mol. The Morgan fingerprint density at radius 3 is 2.62 bits per heavy atom. The molecule has 0 saturated carbocycles. The number of ether oxygens (including phenoxy) is 2. The van der Waals surface area contributed by atoms with Crippen LogP contribution in [0.1, 0.15) is 0 Å². The summed E-state index contributed by atoms with van der Waals surface area (Å²) < 4.78 is 25.2. The standard InChI is InChI=1S/C19H25FN4O5/c20-16-7-13(24-9-15(29-19(24)27)8-21-18(26)10-25)1-2-17(16)23-5-3-22(4-6-23)14-11-28-12-14/h1-2,7,14-15,25H,3-6,8-12H2,(H,21,26). The Balaban J connectivity index is 1.36. The number of nitrogens with zero attached hydrogens (tertiary/aromatic N) is 3. The van der Waals surface area contributed by atoms with E-state index in [0.29, 0.717) is 17.4 Å². The lowest BCUT2D eigenvalue weighted by Gasteiger charge is -2.43. The van der Waals surface area contributed by atoms with Gasteiger partial charge in [-0.05, 0) is 18.2 Å². The van der Waals surface area contributed by atoms with Gasteiger partial charge in [0.1, 0.15) is 18.5 Å². The molecule has 0 bridgehead atoms. The van der Waals surface area contributed by atoms with Gasteiger partial charge in [-0.1, -0.05) is 0 Å². The fourth-order valence-electron chi connectivity index (χ4n) is 3.80. The molecule has 4 rings (SSSR count). The van der Waals surface area contributed by atoms with Gasteiger partial charge in [0.2, 0.25) is 5.91 Å². The molecular formula is C19H25FN4O5. The molecule has 2 amide bonds. The van der Waals surface area contributed by atoms with Crippen LogP contribution in [0.5, 0.6) is 0 Å². The normalized spacial score (nSPS) is 23.1. The number of nitrogens with one attached hydrogen (secondary N) is 1. The van der Waals surface area contributed by atoms with Crippen LogP contribution in [0.25, 0.3) is 0 Å². The number of anilines is 2. The number of benzene rings is 1. The minimum Gasteiger partial charge on any atom is -0.442 e. The second kappa shape index (κ2) is 8.52. The first kappa shape index (κ1) is 19.9. The lowest BCUT2D eigenvalue weighted by Crippen LogP contribution is -2.56. The molecule has 3 aliphatic rings. The first-order chi connectivity index (χ1) is 14.0. The molecule has 0 aromatic heterocycles. The minimum absolute atomic E-state index is 0.0957. The molecule has 3 saturated heterocycles. The zero-order valence-corrected chi connectivity index (χ0v) is 16.1. The number of aliphatic hydroxyl groups excluding tert-OH is 1. The molecule has 2 N–H and O–H groups in total. The van der Waals surface area contributed by atoms with Gasteiger partial charge in [-0.15, -0.1) is 0 Å². The van der Waals surface area contributed by atoms with Crippen molar-refractivity contribution in [2.45, 2.75) is 12.1 Å². The van der Waals surface area contributed by atoms with Crippen LogP contribution in [0.3, 0.4) is 0 Å². The van der Waals surface area contributed by atoms with Crippen LogP contribution in [-0.4, -0.2) is 93.2 Å². The predicted molar refractivity (Wildman–Crippen MR) is 103 cm³/mol. The van der Waals surface area contributed by atoms with Crippen LogP contribution in [0.2, 0.25) is 0 Å². The molecule has 1 atom stereocenters. The molecule has 0 aliphatic carbocycles. The van der Waals surface area contributed by atoms with Gasteiger partial charge in [-0.3, -0.25) is 14.6 Å². The highest BCUT2D eigenvalue weighted by Crippen LogP contribution is 2.29. The highest BCUT2D eigenvalue weighted by molar-refractivity contribution is 5.90. The van der Waals surface area contributed by atoms with E-state index in [-0.39, 0.29) is 18.9 Å². The van der Waals surface area contributed by atoms with Crippen molar-refractivity contribution in [3.63, 3.8) is 0 Å². The van der Waals surface area contributed by atoms with Gasteiger partial charge in [-0.2, -0.15) is 0 Å². The second-order valence-corrected chi connectivity index (χ2v) is 7.43. The fraction of sp³-hybridized carbons (Fsp3) is 0.579. The molecule has 3 heterocycles. The van der Waals surface area contributed by atoms with E-state index in [4.69, 9.17) is 14.6 Å². The molecule has 29 heavy (non-hydrogen) atoms. The Kier molecular flexibility index (Phi) is 5.84. The van der Waals surface area contributed by atoms with Crippen LogP contribution >= 0.6 is 0 Å². The SMILES string of the molecule is O=C(CO)NCC1CN(c2ccc(N3CCN(C4COC4)CC3)c(F)c2)C(=O)O1. The smallest absolute Gasteiger partial charge is 0.414 e. The maximum absolute atomic E-state index is 14.8. The summed E-state index contributed by atoms with van der Waals surface area (Å²) >= 11 is 0. The summed E-state index contributed by atoms with van der Waals surface area (Å²) in [5, 5.41) is 11.2. The van der Waals surface area contributed by atoms with E-state index >= 15 is 0 Å². The molecule has 3 fully saturated rings. The van der Waals surface area contributed by atoms with E-state index in [1.807, 2.05) is 4.90 Å². The van der Waals surface area contributed by atoms with Gasteiger partial charge in [-0.25, -0.2) is 9.18 Å². The summed E-state index contributed by atoms with van der Waals surface area (Å²) in [6.07, 6.45) is -1.14. The monoisotopic (exact) mass is 408 g/mol. The number of cyclic esters (lactones) is 1. The number of halogens is 1. The Hall–Kier alpha value is -2.43. The van der Waals surface area contributed by atoms with Crippen LogP contribution in [0.4, 0.5) is 20.6 Å². The van der Waals surface area contributed by atoms with E-state index in [0.717, 1.165) is 39.4 Å². The molecule has 1 aromatic carbocycles. The number of carbonyl (C=O) groups is 2. The largest absolute Gasteiger partial charge is 0.442 e. The molecule has 3 aliphatic heterocycles.